The molecule has 0 aliphatic rings. The first kappa shape index (κ1) is 11.2. The van der Waals surface area contributed by atoms with E-state index in [1.165, 1.54) is 4.88 Å². The lowest BCUT2D eigenvalue weighted by Crippen LogP contribution is -1.97. The Morgan fingerprint density at radius 3 is 2.81 bits per heavy atom. The number of aryl methyl sites for hydroxylation is 1. The Kier molecular flexibility index (Phi) is 3.64. The van der Waals surface area contributed by atoms with Crippen molar-refractivity contribution in [2.75, 3.05) is 0 Å². The van der Waals surface area contributed by atoms with Crippen LogP contribution in [0.1, 0.15) is 28.2 Å². The molecule has 0 atom stereocenters. The molecule has 0 aromatic carbocycles. The molecule has 2 heterocycles. The van der Waals surface area contributed by atoms with Gasteiger partial charge in [0.2, 0.25) is 0 Å². The van der Waals surface area contributed by atoms with Crippen LogP contribution in [0.5, 0.6) is 0 Å². The summed E-state index contributed by atoms with van der Waals surface area (Å²) < 4.78 is 0. The van der Waals surface area contributed by atoms with Crippen LogP contribution in [-0.4, -0.2) is 9.97 Å². The van der Waals surface area contributed by atoms with Gasteiger partial charge in [-0.3, -0.25) is 4.98 Å². The average molecular weight is 233 g/mol. The fraction of sp³-hybridized carbons (Fsp3) is 0.333. The fourth-order valence-electron chi connectivity index (χ4n) is 1.61. The highest BCUT2D eigenvalue weighted by Gasteiger charge is 2.08. The highest BCUT2D eigenvalue weighted by molar-refractivity contribution is 7.11. The number of nitrogens with two attached hydrogens (primary N) is 1. The van der Waals surface area contributed by atoms with E-state index >= 15 is 0 Å². The van der Waals surface area contributed by atoms with E-state index in [0.717, 1.165) is 29.2 Å². The van der Waals surface area contributed by atoms with Crippen LogP contribution in [0, 0.1) is 0 Å². The molecule has 0 fully saturated rings. The number of aromatic nitrogens is 2. The number of hydrogen-bond acceptors (Lipinski definition) is 4. The van der Waals surface area contributed by atoms with Crippen LogP contribution in [0.2, 0.25) is 0 Å². The second-order valence-electron chi connectivity index (χ2n) is 3.53. The molecule has 2 rings (SSSR count). The van der Waals surface area contributed by atoms with Gasteiger partial charge in [0, 0.05) is 29.7 Å². The molecule has 3 nitrogen and oxygen atoms in total. The van der Waals surface area contributed by atoms with Crippen LogP contribution in [-0.2, 0) is 19.4 Å². The van der Waals surface area contributed by atoms with Crippen LogP contribution < -0.4 is 5.73 Å². The Hall–Kier alpha value is -1.26. The van der Waals surface area contributed by atoms with E-state index < -0.39 is 0 Å². The third-order valence-electron chi connectivity index (χ3n) is 2.40. The molecular formula is C12H15N3S. The summed E-state index contributed by atoms with van der Waals surface area (Å²) in [6.07, 6.45) is 3.57. The van der Waals surface area contributed by atoms with Crippen molar-refractivity contribution < 1.29 is 0 Å². The molecule has 0 aliphatic carbocycles. The highest BCUT2D eigenvalue weighted by Crippen LogP contribution is 2.20. The van der Waals surface area contributed by atoms with Gasteiger partial charge in [-0.1, -0.05) is 13.0 Å². The largest absolute Gasteiger partial charge is 0.326 e. The zero-order valence-electron chi connectivity index (χ0n) is 9.31. The molecule has 0 spiro atoms. The van der Waals surface area contributed by atoms with Crippen LogP contribution in [0.15, 0.2) is 24.4 Å². The lowest BCUT2D eigenvalue weighted by Gasteiger charge is -1.94. The smallest absolute Gasteiger partial charge is 0.0991 e. The first-order valence-corrected chi connectivity index (χ1v) is 6.22. The first-order chi connectivity index (χ1) is 7.83. The molecule has 0 saturated heterocycles. The van der Waals surface area contributed by atoms with E-state index in [1.54, 1.807) is 11.3 Å². The van der Waals surface area contributed by atoms with Gasteiger partial charge in [0.1, 0.15) is 0 Å². The van der Waals surface area contributed by atoms with E-state index in [2.05, 4.69) is 16.9 Å². The Morgan fingerprint density at radius 2 is 2.25 bits per heavy atom. The minimum absolute atomic E-state index is 0.586. The molecule has 0 bridgehead atoms. The van der Waals surface area contributed by atoms with Gasteiger partial charge >= 0.3 is 0 Å². The van der Waals surface area contributed by atoms with E-state index in [-0.39, 0.29) is 0 Å². The molecule has 2 aromatic heterocycles. The summed E-state index contributed by atoms with van der Waals surface area (Å²) in [5.74, 6) is 0. The van der Waals surface area contributed by atoms with Crippen LogP contribution in [0.3, 0.4) is 0 Å². The second-order valence-corrected chi connectivity index (χ2v) is 4.70. The molecule has 16 heavy (non-hydrogen) atoms. The second kappa shape index (κ2) is 5.18. The monoisotopic (exact) mass is 233 g/mol. The van der Waals surface area contributed by atoms with Crippen molar-refractivity contribution in [1.29, 1.82) is 0 Å². The molecule has 2 aromatic rings. The van der Waals surface area contributed by atoms with Gasteiger partial charge in [-0.05, 0) is 18.6 Å². The van der Waals surface area contributed by atoms with Crippen LogP contribution in [0.25, 0.3) is 0 Å². The van der Waals surface area contributed by atoms with E-state index in [0.29, 0.717) is 6.54 Å². The fourth-order valence-corrected chi connectivity index (χ4v) is 2.66. The van der Waals surface area contributed by atoms with Gasteiger partial charge in [-0.2, -0.15) is 0 Å². The molecule has 2 N–H and O–H groups in total. The number of pyridine rings is 1. The summed E-state index contributed by atoms with van der Waals surface area (Å²) in [5, 5.41) is 1.11. The van der Waals surface area contributed by atoms with Crippen molar-refractivity contribution in [2.24, 2.45) is 5.73 Å². The van der Waals surface area contributed by atoms with Gasteiger partial charge in [-0.25, -0.2) is 4.98 Å². The van der Waals surface area contributed by atoms with Crippen molar-refractivity contribution in [1.82, 2.24) is 9.97 Å². The van der Waals surface area contributed by atoms with Crippen LogP contribution in [0.4, 0.5) is 0 Å². The topological polar surface area (TPSA) is 51.8 Å². The normalized spacial score (nSPS) is 10.6. The summed E-state index contributed by atoms with van der Waals surface area (Å²) in [4.78, 5) is 10.1. The molecule has 0 unspecified atom stereocenters. The van der Waals surface area contributed by atoms with Crippen molar-refractivity contribution in [3.63, 3.8) is 0 Å². The summed E-state index contributed by atoms with van der Waals surface area (Å²) in [5.41, 5.74) is 7.88. The molecule has 0 saturated carbocycles. The molecule has 84 valence electrons. The molecule has 0 aliphatic heterocycles. The lowest BCUT2D eigenvalue weighted by molar-refractivity contribution is 0.960. The average Bonchev–Trinajstić information content (AvgIpc) is 2.72. The SMILES string of the molecule is CCc1nc(Cc2ccccn2)sc1CN. The minimum atomic E-state index is 0.586. The number of nitrogens with zero attached hydrogens (tertiary/aromatic N) is 2. The van der Waals surface area contributed by atoms with Gasteiger partial charge in [-0.15, -0.1) is 11.3 Å². The van der Waals surface area contributed by atoms with Crippen LogP contribution >= 0.6 is 11.3 Å². The first-order valence-electron chi connectivity index (χ1n) is 5.41. The predicted molar refractivity (Wildman–Crippen MR) is 66.4 cm³/mol. The van der Waals surface area contributed by atoms with E-state index in [4.69, 9.17) is 5.73 Å². The molecule has 0 radical (unpaired) electrons. The summed E-state index contributed by atoms with van der Waals surface area (Å²) in [6, 6.07) is 5.95. The van der Waals surface area contributed by atoms with E-state index in [9.17, 15) is 0 Å². The number of hydrogen-bond donors (Lipinski definition) is 1. The van der Waals surface area contributed by atoms with Gasteiger partial charge in [0.15, 0.2) is 0 Å². The maximum absolute atomic E-state index is 5.69. The van der Waals surface area contributed by atoms with Gasteiger partial charge in [0.25, 0.3) is 0 Å². The van der Waals surface area contributed by atoms with Gasteiger partial charge in [0.05, 0.1) is 10.7 Å². The molecule has 0 amide bonds. The van der Waals surface area contributed by atoms with Crippen molar-refractivity contribution in [3.8, 4) is 0 Å². The third kappa shape index (κ3) is 2.46. The Bertz CT molecular complexity index is 429. The summed E-state index contributed by atoms with van der Waals surface area (Å²) >= 11 is 1.70. The Morgan fingerprint density at radius 1 is 1.38 bits per heavy atom. The van der Waals surface area contributed by atoms with Gasteiger partial charge < -0.3 is 5.73 Å². The number of thiazole rings is 1. The zero-order valence-corrected chi connectivity index (χ0v) is 10.1. The van der Waals surface area contributed by atoms with E-state index in [1.807, 2.05) is 24.4 Å². The Balaban J connectivity index is 2.19. The standard InChI is InChI=1S/C12H15N3S/c1-2-10-11(8-13)16-12(15-10)7-9-5-3-4-6-14-9/h3-6H,2,7-8,13H2,1H3. The number of rotatable bonds is 4. The van der Waals surface area contributed by atoms with Crippen molar-refractivity contribution in [2.45, 2.75) is 26.3 Å². The van der Waals surface area contributed by atoms with Crippen molar-refractivity contribution in [3.05, 3.63) is 45.7 Å². The summed E-state index contributed by atoms with van der Waals surface area (Å²) in [6.45, 7) is 2.70. The minimum Gasteiger partial charge on any atom is -0.326 e. The lowest BCUT2D eigenvalue weighted by atomic mass is 10.2. The molecule has 4 heteroatoms. The quantitative estimate of drug-likeness (QED) is 0.880. The predicted octanol–water partition coefficient (Wildman–Crippen LogP) is 2.15. The summed E-state index contributed by atoms with van der Waals surface area (Å²) in [7, 11) is 0. The maximum atomic E-state index is 5.69. The maximum Gasteiger partial charge on any atom is 0.0991 e. The Labute approximate surface area is 99.4 Å². The third-order valence-corrected chi connectivity index (χ3v) is 3.52. The van der Waals surface area contributed by atoms with Crippen molar-refractivity contribution >= 4 is 11.3 Å². The highest BCUT2D eigenvalue weighted by atomic mass is 32.1. The molecular weight excluding hydrogens is 218 g/mol. The zero-order chi connectivity index (χ0) is 11.4.